The van der Waals surface area contributed by atoms with Crippen LogP contribution >= 0.6 is 0 Å². The Morgan fingerprint density at radius 3 is 1.75 bits per heavy atom. The predicted molar refractivity (Wildman–Crippen MR) is 124 cm³/mol. The van der Waals surface area contributed by atoms with E-state index < -0.39 is 5.97 Å². The second kappa shape index (κ2) is 12.9. The number of carbonyl (C=O) groups is 2. The molecule has 188 valence electrons. The largest absolute Gasteiger partial charge is 0.476 e. The Labute approximate surface area is 204 Å². The summed E-state index contributed by atoms with van der Waals surface area (Å²) in [5.74, 6) is -1.45. The van der Waals surface area contributed by atoms with Gasteiger partial charge >= 0.3 is 5.97 Å². The van der Waals surface area contributed by atoms with E-state index in [0.29, 0.717) is 29.2 Å². The Bertz CT molecular complexity index is 1270. The number of benzene rings is 2. The van der Waals surface area contributed by atoms with Gasteiger partial charge in [0.1, 0.15) is 11.6 Å². The van der Waals surface area contributed by atoms with Gasteiger partial charge in [-0.25, -0.2) is 13.6 Å². The highest BCUT2D eigenvalue weighted by atomic mass is 19.1. The number of aromatic nitrogens is 2. The molecule has 11 heteroatoms. The van der Waals surface area contributed by atoms with E-state index >= 15 is 0 Å². The molecule has 0 aliphatic rings. The summed E-state index contributed by atoms with van der Waals surface area (Å²) in [5.41, 5.74) is 1.26. The smallest absolute Gasteiger partial charge is 0.358 e. The van der Waals surface area contributed by atoms with Gasteiger partial charge in [-0.1, -0.05) is 10.3 Å². The van der Waals surface area contributed by atoms with Gasteiger partial charge in [-0.15, -0.1) is 0 Å². The molecule has 2 aromatic heterocycles. The molecule has 0 radical (unpaired) electrons. The van der Waals surface area contributed by atoms with Gasteiger partial charge in [0.25, 0.3) is 5.91 Å². The third-order valence-electron chi connectivity index (χ3n) is 4.85. The van der Waals surface area contributed by atoms with Crippen molar-refractivity contribution in [2.45, 2.75) is 19.3 Å². The Morgan fingerprint density at radius 2 is 1.28 bits per heavy atom. The van der Waals surface area contributed by atoms with Crippen molar-refractivity contribution in [2.75, 3.05) is 13.2 Å². The van der Waals surface area contributed by atoms with Crippen molar-refractivity contribution in [1.29, 1.82) is 0 Å². The molecule has 9 nitrogen and oxygen atoms in total. The van der Waals surface area contributed by atoms with E-state index in [0.717, 1.165) is 19.3 Å². The zero-order valence-electron chi connectivity index (χ0n) is 19.0. The maximum atomic E-state index is 12.8. The molecule has 0 bridgehead atoms. The molecule has 2 heterocycles. The van der Waals surface area contributed by atoms with Crippen LogP contribution in [0.15, 0.2) is 69.7 Å². The number of rotatable bonds is 9. The first-order valence-corrected chi connectivity index (χ1v) is 10.9. The second-order valence-electron chi connectivity index (χ2n) is 7.51. The number of amides is 1. The van der Waals surface area contributed by atoms with Crippen molar-refractivity contribution < 1.29 is 37.6 Å². The van der Waals surface area contributed by atoms with E-state index in [4.69, 9.17) is 19.3 Å². The minimum atomic E-state index is -1.16. The molecule has 3 N–H and O–H groups in total. The molecule has 0 atom stereocenters. The maximum absolute atomic E-state index is 12.8. The summed E-state index contributed by atoms with van der Waals surface area (Å²) in [4.78, 5) is 22.4. The van der Waals surface area contributed by atoms with Gasteiger partial charge < -0.3 is 24.6 Å². The van der Waals surface area contributed by atoms with Crippen molar-refractivity contribution >= 4 is 11.9 Å². The second-order valence-corrected chi connectivity index (χ2v) is 7.51. The Kier molecular flexibility index (Phi) is 9.40. The quantitative estimate of drug-likeness (QED) is 0.285. The van der Waals surface area contributed by atoms with E-state index in [2.05, 4.69) is 15.6 Å². The lowest BCUT2D eigenvalue weighted by atomic mass is 10.1. The van der Waals surface area contributed by atoms with E-state index in [1.165, 1.54) is 48.5 Å². The summed E-state index contributed by atoms with van der Waals surface area (Å²) in [7, 11) is 0. The maximum Gasteiger partial charge on any atom is 0.358 e. The SMILES string of the molecule is O=C(NCCCCCO)c1cc(-c2ccc(F)cc2)on1.O=C(O)c1cc(-c2ccc(F)cc2)on1. The average Bonchev–Trinajstić information content (AvgIpc) is 3.56. The summed E-state index contributed by atoms with van der Waals surface area (Å²) in [5, 5.41) is 27.0. The number of halogens is 2. The van der Waals surface area contributed by atoms with Crippen LogP contribution in [0, 0.1) is 11.6 Å². The number of nitrogens with zero attached hydrogens (tertiary/aromatic N) is 2. The van der Waals surface area contributed by atoms with Gasteiger partial charge in [0.05, 0.1) is 0 Å². The molecule has 36 heavy (non-hydrogen) atoms. The molecule has 2 aromatic carbocycles. The number of hydrogen-bond acceptors (Lipinski definition) is 7. The number of aliphatic hydroxyl groups is 1. The summed E-state index contributed by atoms with van der Waals surface area (Å²) < 4.78 is 35.3. The third-order valence-corrected chi connectivity index (χ3v) is 4.85. The molecular formula is C25H23F2N3O6. The topological polar surface area (TPSA) is 139 Å². The fourth-order valence-electron chi connectivity index (χ4n) is 2.96. The van der Waals surface area contributed by atoms with Crippen molar-refractivity contribution in [3.8, 4) is 22.6 Å². The van der Waals surface area contributed by atoms with E-state index in [1.54, 1.807) is 12.1 Å². The molecule has 0 fully saturated rings. The number of aliphatic hydroxyl groups excluding tert-OH is 1. The van der Waals surface area contributed by atoms with Crippen LogP contribution in [0.3, 0.4) is 0 Å². The lowest BCUT2D eigenvalue weighted by Crippen LogP contribution is -2.24. The first-order valence-electron chi connectivity index (χ1n) is 10.9. The lowest BCUT2D eigenvalue weighted by Gasteiger charge is -2.01. The normalized spacial score (nSPS) is 10.4. The highest BCUT2D eigenvalue weighted by Crippen LogP contribution is 2.21. The zero-order chi connectivity index (χ0) is 25.9. The molecule has 0 saturated carbocycles. The Hall–Kier alpha value is -4.38. The number of carboxylic acid groups (broad SMARTS) is 1. The highest BCUT2D eigenvalue weighted by molar-refractivity contribution is 5.93. The first kappa shape index (κ1) is 26.2. The van der Waals surface area contributed by atoms with Crippen molar-refractivity contribution in [3.05, 3.63) is 83.7 Å². The van der Waals surface area contributed by atoms with Gasteiger partial charge in [0.2, 0.25) is 0 Å². The number of unbranched alkanes of at least 4 members (excludes halogenated alkanes) is 2. The van der Waals surface area contributed by atoms with Crippen molar-refractivity contribution in [2.24, 2.45) is 0 Å². The minimum Gasteiger partial charge on any atom is -0.476 e. The zero-order valence-corrected chi connectivity index (χ0v) is 19.0. The van der Waals surface area contributed by atoms with E-state index in [-0.39, 0.29) is 35.5 Å². The van der Waals surface area contributed by atoms with Gasteiger partial charge in [-0.3, -0.25) is 4.79 Å². The fourth-order valence-corrected chi connectivity index (χ4v) is 2.96. The van der Waals surface area contributed by atoms with Crippen LogP contribution in [-0.4, -0.2) is 45.6 Å². The molecule has 0 spiro atoms. The van der Waals surface area contributed by atoms with Gasteiger partial charge in [-0.05, 0) is 67.8 Å². The number of carbonyl (C=O) groups excluding carboxylic acids is 1. The van der Waals surface area contributed by atoms with Crippen LogP contribution in [0.5, 0.6) is 0 Å². The van der Waals surface area contributed by atoms with Crippen molar-refractivity contribution in [1.82, 2.24) is 15.6 Å². The monoisotopic (exact) mass is 499 g/mol. The molecule has 0 unspecified atom stereocenters. The van der Waals surface area contributed by atoms with Gasteiger partial charge in [0.15, 0.2) is 22.9 Å². The molecule has 4 aromatic rings. The summed E-state index contributed by atoms with van der Waals surface area (Å²) in [6, 6.07) is 14.1. The Balaban J connectivity index is 0.000000212. The number of carboxylic acids is 1. The van der Waals surface area contributed by atoms with Crippen LogP contribution in [0.4, 0.5) is 8.78 Å². The van der Waals surface area contributed by atoms with Crippen LogP contribution in [-0.2, 0) is 0 Å². The average molecular weight is 499 g/mol. The highest BCUT2D eigenvalue weighted by Gasteiger charge is 2.13. The predicted octanol–water partition coefficient (Wildman–Crippen LogP) is 4.55. The molecule has 0 aliphatic heterocycles. The van der Waals surface area contributed by atoms with E-state index in [9.17, 15) is 18.4 Å². The van der Waals surface area contributed by atoms with Crippen LogP contribution in [0.25, 0.3) is 22.6 Å². The van der Waals surface area contributed by atoms with Gasteiger partial charge in [0, 0.05) is 36.4 Å². The molecule has 1 amide bonds. The van der Waals surface area contributed by atoms with E-state index in [1.807, 2.05) is 0 Å². The Morgan fingerprint density at radius 1 is 0.778 bits per heavy atom. The van der Waals surface area contributed by atoms with Crippen molar-refractivity contribution in [3.63, 3.8) is 0 Å². The van der Waals surface area contributed by atoms with Crippen LogP contribution < -0.4 is 5.32 Å². The van der Waals surface area contributed by atoms with Gasteiger partial charge in [-0.2, -0.15) is 0 Å². The standard InChI is InChI=1S/C15H17FN2O3.C10H6FNO3/c16-12-6-4-11(5-7-12)14-10-13(18-21-14)15(20)17-8-2-1-3-9-19;11-7-3-1-6(2-4-7)9-5-8(10(13)14)12-15-9/h4-7,10,19H,1-3,8-9H2,(H,17,20);1-5H,(H,13,14). The number of aromatic carboxylic acids is 1. The van der Waals surface area contributed by atoms with Crippen LogP contribution in [0.2, 0.25) is 0 Å². The minimum absolute atomic E-state index is 0.165. The molecule has 4 rings (SSSR count). The van der Waals surface area contributed by atoms with Crippen LogP contribution in [0.1, 0.15) is 40.2 Å². The number of nitrogens with one attached hydrogen (secondary N) is 1. The summed E-state index contributed by atoms with van der Waals surface area (Å²) >= 11 is 0. The molecular weight excluding hydrogens is 476 g/mol. The number of hydrogen-bond donors (Lipinski definition) is 3. The third kappa shape index (κ3) is 7.57. The first-order chi connectivity index (χ1) is 17.4. The molecule has 0 saturated heterocycles. The lowest BCUT2D eigenvalue weighted by molar-refractivity contribution is 0.0685. The fraction of sp³-hybridized carbons (Fsp3) is 0.200. The summed E-state index contributed by atoms with van der Waals surface area (Å²) in [6.45, 7) is 0.690. The molecule has 0 aliphatic carbocycles. The summed E-state index contributed by atoms with van der Waals surface area (Å²) in [6.07, 6.45) is 2.39.